The van der Waals surface area contributed by atoms with Gasteiger partial charge < -0.3 is 25.6 Å². The van der Waals surface area contributed by atoms with Gasteiger partial charge in [0.2, 0.25) is 17.6 Å². The maximum atomic E-state index is 13.9. The molecule has 2 aliphatic heterocycles. The average molecular weight is 634 g/mol. The van der Waals surface area contributed by atoms with Crippen LogP contribution in [0.3, 0.4) is 0 Å². The zero-order chi connectivity index (χ0) is 31.1. The molecule has 12 nitrogen and oxygen atoms in total. The number of likely N-dealkylation sites (tertiary alicyclic amines) is 1. The molecule has 230 valence electrons. The van der Waals surface area contributed by atoms with E-state index in [1.807, 2.05) is 13.8 Å². The third-order valence-corrected chi connectivity index (χ3v) is 9.47. The minimum atomic E-state index is -1.25. The molecule has 3 N–H and O–H groups in total. The highest BCUT2D eigenvalue weighted by Gasteiger charge is 2.69. The molecule has 3 aliphatic rings. The van der Waals surface area contributed by atoms with Crippen LogP contribution in [0, 0.1) is 23.2 Å². The van der Waals surface area contributed by atoms with Crippen molar-refractivity contribution in [1.82, 2.24) is 30.6 Å². The first kappa shape index (κ1) is 30.8. The molecule has 0 radical (unpaired) electrons. The van der Waals surface area contributed by atoms with E-state index in [-0.39, 0.29) is 53.5 Å². The molecular formula is C29H34Cl2N6O6. The maximum Gasteiger partial charge on any atom is 0.289 e. The van der Waals surface area contributed by atoms with Crippen molar-refractivity contribution in [3.63, 3.8) is 0 Å². The zero-order valence-electron chi connectivity index (χ0n) is 24.1. The number of Topliss-reactive ketones (excluding diaryl/α,β-unsaturated/α-hetero) is 1. The molecular weight excluding hydrogens is 599 g/mol. The topological polar surface area (TPSA) is 152 Å². The van der Waals surface area contributed by atoms with E-state index < -0.39 is 41.5 Å². The van der Waals surface area contributed by atoms with Gasteiger partial charge in [0.1, 0.15) is 11.8 Å². The molecule has 0 unspecified atom stereocenters. The summed E-state index contributed by atoms with van der Waals surface area (Å²) in [5.74, 6) is -3.26. The highest BCUT2D eigenvalue weighted by atomic mass is 35.5. The zero-order valence-corrected chi connectivity index (χ0v) is 25.6. The molecule has 1 aromatic heterocycles. The number of nitrogens with zero attached hydrogens (tertiary/aromatic N) is 3. The van der Waals surface area contributed by atoms with E-state index in [1.54, 1.807) is 36.1 Å². The van der Waals surface area contributed by atoms with Crippen LogP contribution in [0.5, 0.6) is 5.75 Å². The molecule has 14 heteroatoms. The van der Waals surface area contributed by atoms with E-state index in [9.17, 15) is 24.0 Å². The monoisotopic (exact) mass is 632 g/mol. The third kappa shape index (κ3) is 6.35. The maximum absolute atomic E-state index is 13.9. The van der Waals surface area contributed by atoms with Crippen LogP contribution < -0.4 is 20.7 Å². The van der Waals surface area contributed by atoms with Gasteiger partial charge in [-0.1, -0.05) is 37.0 Å². The van der Waals surface area contributed by atoms with Gasteiger partial charge >= 0.3 is 0 Å². The SMILES string of the molecule is Cn1nccc1CNC(=O)C(=O)[C@H](C[C@@H]1CCNC1=O)NC(=O)[C@@H]1[C@@H]2[C@H](CN1C(=O)COc1ccc(Cl)cc1Cl)C2(C)C. The first-order chi connectivity index (χ1) is 20.4. The number of hydrogen-bond acceptors (Lipinski definition) is 7. The van der Waals surface area contributed by atoms with Crippen molar-refractivity contribution in [3.8, 4) is 5.75 Å². The van der Waals surface area contributed by atoms with E-state index in [0.717, 1.165) is 0 Å². The molecule has 1 aromatic carbocycles. The van der Waals surface area contributed by atoms with Gasteiger partial charge in [-0.25, -0.2) is 0 Å². The molecule has 0 spiro atoms. The smallest absolute Gasteiger partial charge is 0.289 e. The van der Waals surface area contributed by atoms with Crippen LogP contribution in [0.1, 0.15) is 32.4 Å². The van der Waals surface area contributed by atoms with E-state index in [4.69, 9.17) is 27.9 Å². The van der Waals surface area contributed by atoms with Gasteiger partial charge in [-0.2, -0.15) is 5.10 Å². The third-order valence-electron chi connectivity index (χ3n) is 8.93. The Hall–Kier alpha value is -3.64. The molecule has 3 fully saturated rings. The van der Waals surface area contributed by atoms with Gasteiger partial charge in [0.15, 0.2) is 6.61 Å². The van der Waals surface area contributed by atoms with Crippen molar-refractivity contribution in [1.29, 1.82) is 0 Å². The molecule has 5 rings (SSSR count). The van der Waals surface area contributed by atoms with Gasteiger partial charge in [-0.05, 0) is 54.4 Å². The number of carbonyl (C=O) groups excluding carboxylic acids is 5. The summed E-state index contributed by atoms with van der Waals surface area (Å²) in [6.45, 7) is 4.57. The molecule has 43 heavy (non-hydrogen) atoms. The second-order valence-electron chi connectivity index (χ2n) is 11.9. The Morgan fingerprint density at radius 1 is 1.21 bits per heavy atom. The fraction of sp³-hybridized carbons (Fsp3) is 0.517. The van der Waals surface area contributed by atoms with Crippen molar-refractivity contribution >= 4 is 52.6 Å². The number of nitrogens with one attached hydrogen (secondary N) is 3. The quantitative estimate of drug-likeness (QED) is 0.317. The number of hydrogen-bond donors (Lipinski definition) is 3. The van der Waals surface area contributed by atoms with E-state index >= 15 is 0 Å². The number of piperidine rings is 1. The van der Waals surface area contributed by atoms with Gasteiger partial charge in [0, 0.05) is 37.3 Å². The van der Waals surface area contributed by atoms with Crippen LogP contribution >= 0.6 is 23.2 Å². The lowest BCUT2D eigenvalue weighted by atomic mass is 9.94. The van der Waals surface area contributed by atoms with Gasteiger partial charge in [0.05, 0.1) is 23.3 Å². The predicted octanol–water partition coefficient (Wildman–Crippen LogP) is 1.49. The summed E-state index contributed by atoms with van der Waals surface area (Å²) in [6, 6.07) is 4.22. The van der Waals surface area contributed by atoms with Crippen LogP contribution in [0.15, 0.2) is 30.5 Å². The number of carbonyl (C=O) groups is 5. The summed E-state index contributed by atoms with van der Waals surface area (Å²) in [5.41, 5.74) is 0.492. The molecule has 2 saturated heterocycles. The minimum Gasteiger partial charge on any atom is -0.482 e. The Morgan fingerprint density at radius 2 is 1.98 bits per heavy atom. The summed E-state index contributed by atoms with van der Waals surface area (Å²) in [7, 11) is 1.71. The van der Waals surface area contributed by atoms with Crippen molar-refractivity contribution in [3.05, 3.63) is 46.2 Å². The van der Waals surface area contributed by atoms with Crippen LogP contribution in [0.2, 0.25) is 10.0 Å². The first-order valence-electron chi connectivity index (χ1n) is 14.1. The number of halogens is 2. The summed E-state index contributed by atoms with van der Waals surface area (Å²) in [4.78, 5) is 67.3. The lowest BCUT2D eigenvalue weighted by Crippen LogP contribution is -2.56. The lowest BCUT2D eigenvalue weighted by molar-refractivity contribution is -0.144. The molecule has 4 amide bonds. The Bertz CT molecular complexity index is 1460. The Balaban J connectivity index is 1.30. The Labute approximate surface area is 258 Å². The summed E-state index contributed by atoms with van der Waals surface area (Å²) in [5, 5.41) is 12.8. The fourth-order valence-electron chi connectivity index (χ4n) is 6.29. The number of aromatic nitrogens is 2. The minimum absolute atomic E-state index is 0.0358. The number of fused-ring (bicyclic) bond motifs is 1. The molecule has 1 aliphatic carbocycles. The summed E-state index contributed by atoms with van der Waals surface area (Å²) < 4.78 is 7.21. The van der Waals surface area contributed by atoms with Crippen molar-refractivity contribution in [2.24, 2.45) is 30.2 Å². The number of rotatable bonds is 11. The fourth-order valence-corrected chi connectivity index (χ4v) is 6.75. The van der Waals surface area contributed by atoms with Gasteiger partial charge in [-0.15, -0.1) is 0 Å². The number of ether oxygens (including phenoxy) is 1. The lowest BCUT2D eigenvalue weighted by Gasteiger charge is -2.31. The number of benzene rings is 1. The average Bonchev–Trinajstić information content (AvgIpc) is 3.46. The summed E-state index contributed by atoms with van der Waals surface area (Å²) >= 11 is 12.1. The first-order valence-corrected chi connectivity index (χ1v) is 14.9. The van der Waals surface area contributed by atoms with Crippen molar-refractivity contribution < 1.29 is 28.7 Å². The number of aryl methyl sites for hydroxylation is 1. The van der Waals surface area contributed by atoms with E-state index in [2.05, 4.69) is 21.0 Å². The predicted molar refractivity (Wildman–Crippen MR) is 156 cm³/mol. The van der Waals surface area contributed by atoms with Gasteiger partial charge in [0.25, 0.3) is 11.8 Å². The number of amides is 4. The van der Waals surface area contributed by atoms with E-state index in [1.165, 1.54) is 11.0 Å². The number of ketones is 1. The van der Waals surface area contributed by atoms with E-state index in [0.29, 0.717) is 30.2 Å². The van der Waals surface area contributed by atoms with Crippen LogP contribution in [-0.2, 0) is 37.6 Å². The normalized spacial score (nSPS) is 24.1. The highest BCUT2D eigenvalue weighted by Crippen LogP contribution is 2.64. The molecule has 5 atom stereocenters. The second-order valence-corrected chi connectivity index (χ2v) is 12.7. The molecule has 3 heterocycles. The van der Waals surface area contributed by atoms with Crippen LogP contribution in [0.4, 0.5) is 0 Å². The van der Waals surface area contributed by atoms with Crippen LogP contribution in [-0.4, -0.2) is 75.9 Å². The standard InChI is InChI=1S/C29H34Cl2N6O6/c1-29(2)18-13-37(22(38)14-43-21-5-4-16(30)11-19(21)31)24(23(18)29)27(41)35-20(10-15-6-8-32-26(15)40)25(39)28(42)33-12-17-7-9-34-36(17)3/h4-5,7,9,11,15,18,20,23-24H,6,8,10,12-14H2,1-3H3,(H,32,40)(H,33,42)(H,35,41)/t15-,18-,20-,23-,24-/m0/s1. The van der Waals surface area contributed by atoms with Gasteiger partial charge in [-0.3, -0.25) is 28.7 Å². The molecule has 2 aromatic rings. The highest BCUT2D eigenvalue weighted by molar-refractivity contribution is 6.38. The molecule has 0 bridgehead atoms. The molecule has 1 saturated carbocycles. The van der Waals surface area contributed by atoms with Crippen molar-refractivity contribution in [2.45, 2.75) is 45.3 Å². The Morgan fingerprint density at radius 3 is 2.63 bits per heavy atom. The largest absolute Gasteiger partial charge is 0.482 e. The van der Waals surface area contributed by atoms with Crippen LogP contribution in [0.25, 0.3) is 0 Å². The Kier molecular flexibility index (Phi) is 8.71. The second kappa shape index (κ2) is 12.2. The van der Waals surface area contributed by atoms with Crippen molar-refractivity contribution in [2.75, 3.05) is 19.7 Å². The summed E-state index contributed by atoms with van der Waals surface area (Å²) in [6.07, 6.45) is 2.01.